The number of hydrogen-bond acceptors (Lipinski definition) is 2. The van der Waals surface area contributed by atoms with Gasteiger partial charge in [0.05, 0.1) is 0 Å². The third-order valence-corrected chi connectivity index (χ3v) is 3.53. The maximum Gasteiger partial charge on any atom is 0.155 e. The Hall–Kier alpha value is -1.16. The smallest absolute Gasteiger partial charge is 0.155 e. The monoisotopic (exact) mass is 291 g/mol. The van der Waals surface area contributed by atoms with E-state index in [1.54, 1.807) is 0 Å². The van der Waals surface area contributed by atoms with Crippen LogP contribution >= 0.6 is 15.9 Å². The third-order valence-electron chi connectivity index (χ3n) is 3.03. The van der Waals surface area contributed by atoms with Crippen LogP contribution in [0.3, 0.4) is 0 Å². The van der Waals surface area contributed by atoms with Gasteiger partial charge < -0.3 is 0 Å². The summed E-state index contributed by atoms with van der Waals surface area (Å²) in [6, 6.07) is 8.31. The zero-order valence-electron chi connectivity index (χ0n) is 9.73. The molecule has 0 saturated heterocycles. The van der Waals surface area contributed by atoms with Crippen molar-refractivity contribution >= 4 is 15.9 Å². The van der Waals surface area contributed by atoms with Gasteiger partial charge in [-0.1, -0.05) is 28.1 Å². The Morgan fingerprint density at radius 1 is 1.41 bits per heavy atom. The molecule has 1 aromatic heterocycles. The van der Waals surface area contributed by atoms with Crippen LogP contribution in [0.2, 0.25) is 0 Å². The van der Waals surface area contributed by atoms with Gasteiger partial charge in [0.25, 0.3) is 0 Å². The summed E-state index contributed by atoms with van der Waals surface area (Å²) in [6.07, 6.45) is 3.34. The molecule has 0 aliphatic heterocycles. The van der Waals surface area contributed by atoms with E-state index in [0.717, 1.165) is 22.5 Å². The van der Waals surface area contributed by atoms with Crippen molar-refractivity contribution in [3.63, 3.8) is 0 Å². The zero-order chi connectivity index (χ0) is 11.8. The molecule has 0 amide bonds. The topological polar surface area (TPSA) is 30.7 Å². The highest BCUT2D eigenvalue weighted by Gasteiger charge is 2.28. The standard InChI is InChI=1S/C13H14BrN3/c1-17-13(10-5-6-10)15-12(16-17)8-9-3-2-4-11(14)7-9/h2-4,7,10H,5-6,8H2,1H3. The van der Waals surface area contributed by atoms with E-state index in [-0.39, 0.29) is 0 Å². The summed E-state index contributed by atoms with van der Waals surface area (Å²) in [6.45, 7) is 0. The molecule has 17 heavy (non-hydrogen) atoms. The molecular weight excluding hydrogens is 278 g/mol. The lowest BCUT2D eigenvalue weighted by molar-refractivity contribution is 0.698. The van der Waals surface area contributed by atoms with Crippen LogP contribution in [-0.4, -0.2) is 14.8 Å². The Balaban J connectivity index is 1.83. The van der Waals surface area contributed by atoms with Crippen LogP contribution < -0.4 is 0 Å². The van der Waals surface area contributed by atoms with Crippen molar-refractivity contribution in [3.05, 3.63) is 46.0 Å². The molecule has 0 bridgehead atoms. The van der Waals surface area contributed by atoms with Crippen molar-refractivity contribution in [1.82, 2.24) is 14.8 Å². The van der Waals surface area contributed by atoms with E-state index in [1.165, 1.54) is 18.4 Å². The Morgan fingerprint density at radius 3 is 2.94 bits per heavy atom. The molecule has 3 nitrogen and oxygen atoms in total. The molecule has 0 spiro atoms. The summed E-state index contributed by atoms with van der Waals surface area (Å²) >= 11 is 3.48. The van der Waals surface area contributed by atoms with E-state index in [0.29, 0.717) is 5.92 Å². The van der Waals surface area contributed by atoms with Gasteiger partial charge in [0.1, 0.15) is 5.82 Å². The first-order chi connectivity index (χ1) is 8.22. The van der Waals surface area contributed by atoms with Crippen molar-refractivity contribution in [3.8, 4) is 0 Å². The van der Waals surface area contributed by atoms with Gasteiger partial charge in [-0.05, 0) is 30.5 Å². The highest BCUT2D eigenvalue weighted by molar-refractivity contribution is 9.10. The van der Waals surface area contributed by atoms with E-state index < -0.39 is 0 Å². The van der Waals surface area contributed by atoms with E-state index in [2.05, 4.69) is 38.1 Å². The van der Waals surface area contributed by atoms with Crippen LogP contribution in [0.1, 0.15) is 36.0 Å². The maximum atomic E-state index is 4.63. The second-order valence-electron chi connectivity index (χ2n) is 4.59. The highest BCUT2D eigenvalue weighted by atomic mass is 79.9. The average molecular weight is 292 g/mol. The molecule has 1 saturated carbocycles. The van der Waals surface area contributed by atoms with Gasteiger partial charge in [0.15, 0.2) is 5.82 Å². The minimum Gasteiger partial charge on any atom is -0.253 e. The predicted octanol–water partition coefficient (Wildman–Crippen LogP) is 3.05. The SMILES string of the molecule is Cn1nc(Cc2cccc(Br)c2)nc1C1CC1. The van der Waals surface area contributed by atoms with Crippen LogP contribution in [0.25, 0.3) is 0 Å². The lowest BCUT2D eigenvalue weighted by Gasteiger charge is -1.97. The molecule has 0 atom stereocenters. The first-order valence-corrected chi connectivity index (χ1v) is 6.66. The fraction of sp³-hybridized carbons (Fsp3) is 0.385. The normalized spacial score (nSPS) is 15.2. The molecule has 2 aromatic rings. The average Bonchev–Trinajstić information content (AvgIpc) is 3.04. The molecule has 1 aliphatic rings. The summed E-state index contributed by atoms with van der Waals surface area (Å²) in [7, 11) is 1.99. The van der Waals surface area contributed by atoms with Gasteiger partial charge in [0.2, 0.25) is 0 Å². The number of benzene rings is 1. The molecule has 1 aromatic carbocycles. The first-order valence-electron chi connectivity index (χ1n) is 5.86. The lowest BCUT2D eigenvalue weighted by atomic mass is 10.1. The molecule has 88 valence electrons. The minimum absolute atomic E-state index is 0.656. The summed E-state index contributed by atoms with van der Waals surface area (Å²) in [5.41, 5.74) is 1.24. The van der Waals surface area contributed by atoms with Crippen molar-refractivity contribution < 1.29 is 0 Å². The summed E-state index contributed by atoms with van der Waals surface area (Å²) in [4.78, 5) is 4.63. The van der Waals surface area contributed by atoms with Gasteiger partial charge >= 0.3 is 0 Å². The van der Waals surface area contributed by atoms with E-state index >= 15 is 0 Å². The number of hydrogen-bond donors (Lipinski definition) is 0. The molecule has 0 radical (unpaired) electrons. The van der Waals surface area contributed by atoms with Crippen LogP contribution in [0.5, 0.6) is 0 Å². The quantitative estimate of drug-likeness (QED) is 0.870. The number of aryl methyl sites for hydroxylation is 1. The molecule has 0 N–H and O–H groups in total. The van der Waals surface area contributed by atoms with Crippen molar-refractivity contribution in [2.75, 3.05) is 0 Å². The number of rotatable bonds is 3. The zero-order valence-corrected chi connectivity index (χ0v) is 11.3. The van der Waals surface area contributed by atoms with Gasteiger partial charge in [-0.25, -0.2) is 4.98 Å². The molecule has 1 fully saturated rings. The largest absolute Gasteiger partial charge is 0.253 e. The molecular formula is C13H14BrN3. The number of halogens is 1. The van der Waals surface area contributed by atoms with E-state index in [9.17, 15) is 0 Å². The van der Waals surface area contributed by atoms with Crippen LogP contribution in [0.4, 0.5) is 0 Å². The summed E-state index contributed by atoms with van der Waals surface area (Å²) in [5.74, 6) is 2.73. The highest BCUT2D eigenvalue weighted by Crippen LogP contribution is 2.38. The predicted molar refractivity (Wildman–Crippen MR) is 69.9 cm³/mol. The maximum absolute atomic E-state index is 4.63. The van der Waals surface area contributed by atoms with Gasteiger partial charge in [-0.2, -0.15) is 5.10 Å². The lowest BCUT2D eigenvalue weighted by Crippen LogP contribution is -1.97. The molecule has 1 aliphatic carbocycles. The number of nitrogens with zero attached hydrogens (tertiary/aromatic N) is 3. The summed E-state index contributed by atoms with van der Waals surface area (Å²) < 4.78 is 3.04. The summed E-state index contributed by atoms with van der Waals surface area (Å²) in [5, 5.41) is 4.49. The first kappa shape index (κ1) is 11.0. The van der Waals surface area contributed by atoms with E-state index in [1.807, 2.05) is 23.9 Å². The Kier molecular flexibility index (Phi) is 2.74. The van der Waals surface area contributed by atoms with E-state index in [4.69, 9.17) is 0 Å². The van der Waals surface area contributed by atoms with Crippen molar-refractivity contribution in [1.29, 1.82) is 0 Å². The van der Waals surface area contributed by atoms with Crippen LogP contribution in [0, 0.1) is 0 Å². The van der Waals surface area contributed by atoms with Crippen molar-refractivity contribution in [2.45, 2.75) is 25.2 Å². The molecule has 0 unspecified atom stereocenters. The Labute approximate surface area is 109 Å². The van der Waals surface area contributed by atoms with Gasteiger partial charge in [-0.3, -0.25) is 4.68 Å². The second-order valence-corrected chi connectivity index (χ2v) is 5.51. The Morgan fingerprint density at radius 2 is 2.24 bits per heavy atom. The van der Waals surface area contributed by atoms with Crippen molar-refractivity contribution in [2.24, 2.45) is 7.05 Å². The fourth-order valence-electron chi connectivity index (χ4n) is 2.05. The second kappa shape index (κ2) is 4.26. The molecule has 4 heteroatoms. The third kappa shape index (κ3) is 2.41. The minimum atomic E-state index is 0.656. The molecule has 3 rings (SSSR count). The number of aromatic nitrogens is 3. The van der Waals surface area contributed by atoms with Crippen LogP contribution in [-0.2, 0) is 13.5 Å². The fourth-order valence-corrected chi connectivity index (χ4v) is 2.50. The van der Waals surface area contributed by atoms with Gasteiger partial charge in [0, 0.05) is 23.9 Å². The van der Waals surface area contributed by atoms with Crippen LogP contribution in [0.15, 0.2) is 28.7 Å². The Bertz CT molecular complexity index is 543. The molecule has 1 heterocycles. The van der Waals surface area contributed by atoms with Gasteiger partial charge in [-0.15, -0.1) is 0 Å².